The molecule has 0 aromatic heterocycles. The maximum Gasteiger partial charge on any atom is 0.319 e. The predicted molar refractivity (Wildman–Crippen MR) is 147 cm³/mol. The Morgan fingerprint density at radius 1 is 1.00 bits per heavy atom. The maximum atomic E-state index is 13.3. The third kappa shape index (κ3) is 6.82. The van der Waals surface area contributed by atoms with Crippen LogP contribution < -0.4 is 15.4 Å². The van der Waals surface area contributed by atoms with Gasteiger partial charge in [0.25, 0.3) is 5.91 Å². The number of nitrogens with two attached hydrogens (primary N) is 1. The van der Waals surface area contributed by atoms with Gasteiger partial charge in [0.1, 0.15) is 11.6 Å². The molecule has 0 radical (unpaired) electrons. The molecule has 9 heteroatoms. The second kappa shape index (κ2) is 12.3. The van der Waals surface area contributed by atoms with Crippen LogP contribution in [0.1, 0.15) is 25.0 Å². The number of hydrogen-bond donors (Lipinski definition) is 1. The highest BCUT2D eigenvalue weighted by atomic mass is 35.5. The van der Waals surface area contributed by atoms with E-state index >= 15 is 0 Å². The monoisotopic (exact) mass is 538 g/mol. The number of halogens is 2. The smallest absolute Gasteiger partial charge is 0.319 e. The molecule has 2 N–H and O–H groups in total. The average Bonchev–Trinajstić information content (AvgIpc) is 2.90. The van der Waals surface area contributed by atoms with Gasteiger partial charge in [0.15, 0.2) is 6.61 Å². The molecule has 3 amide bonds. The van der Waals surface area contributed by atoms with E-state index < -0.39 is 6.03 Å². The van der Waals surface area contributed by atoms with Crippen molar-refractivity contribution in [2.45, 2.75) is 39.0 Å². The van der Waals surface area contributed by atoms with E-state index in [-0.39, 0.29) is 37.0 Å². The molecule has 0 saturated carbocycles. The molecule has 200 valence electrons. The summed E-state index contributed by atoms with van der Waals surface area (Å²) in [6.07, 6.45) is 0. The number of ether oxygens (including phenoxy) is 1. The molecule has 7 nitrogen and oxygen atoms in total. The summed E-state index contributed by atoms with van der Waals surface area (Å²) in [6.45, 7) is 6.02. The van der Waals surface area contributed by atoms with Gasteiger partial charge in [-0.15, -0.1) is 0 Å². The summed E-state index contributed by atoms with van der Waals surface area (Å²) in [5.74, 6) is -0.0677. The van der Waals surface area contributed by atoms with Crippen LogP contribution in [-0.2, 0) is 17.9 Å². The van der Waals surface area contributed by atoms with Crippen molar-refractivity contribution < 1.29 is 18.7 Å². The molecule has 3 aromatic carbocycles. The first-order valence-electron chi connectivity index (χ1n) is 12.5. The minimum Gasteiger partial charge on any atom is -0.482 e. The number of anilines is 1. The Kier molecular flexibility index (Phi) is 8.86. The zero-order valence-corrected chi connectivity index (χ0v) is 22.3. The van der Waals surface area contributed by atoms with Gasteiger partial charge in [-0.25, -0.2) is 9.18 Å². The Hall–Kier alpha value is -3.62. The van der Waals surface area contributed by atoms with Crippen molar-refractivity contribution in [1.82, 2.24) is 9.80 Å². The molecule has 0 spiro atoms. The molecule has 0 unspecified atom stereocenters. The minimum absolute atomic E-state index is 0.0346. The highest BCUT2D eigenvalue weighted by Crippen LogP contribution is 2.33. The van der Waals surface area contributed by atoms with Crippen LogP contribution in [0.15, 0.2) is 72.8 Å². The van der Waals surface area contributed by atoms with E-state index in [4.69, 9.17) is 22.1 Å². The van der Waals surface area contributed by atoms with Crippen LogP contribution in [0.5, 0.6) is 5.75 Å². The Morgan fingerprint density at radius 3 is 2.39 bits per heavy atom. The first kappa shape index (κ1) is 27.4. The summed E-state index contributed by atoms with van der Waals surface area (Å²) < 4.78 is 19.2. The molecule has 1 aliphatic rings. The normalized spacial score (nSPS) is 17.7. The van der Waals surface area contributed by atoms with Gasteiger partial charge in [-0.3, -0.25) is 14.6 Å². The molecule has 4 rings (SSSR count). The average molecular weight is 539 g/mol. The van der Waals surface area contributed by atoms with Gasteiger partial charge >= 0.3 is 6.03 Å². The van der Waals surface area contributed by atoms with Gasteiger partial charge in [-0.2, -0.15) is 0 Å². The summed E-state index contributed by atoms with van der Waals surface area (Å²) in [6, 6.07) is 20.2. The first-order valence-corrected chi connectivity index (χ1v) is 12.9. The van der Waals surface area contributed by atoms with Gasteiger partial charge < -0.3 is 15.4 Å². The van der Waals surface area contributed by atoms with Crippen LogP contribution >= 0.6 is 11.6 Å². The molecular formula is C29H32ClFN4O3. The van der Waals surface area contributed by atoms with Crippen LogP contribution in [0.25, 0.3) is 0 Å². The Labute approximate surface area is 227 Å². The van der Waals surface area contributed by atoms with E-state index in [2.05, 4.69) is 11.8 Å². The summed E-state index contributed by atoms with van der Waals surface area (Å²) in [5.41, 5.74) is 8.01. The summed E-state index contributed by atoms with van der Waals surface area (Å²) in [7, 11) is 0. The molecular weight excluding hydrogens is 507 g/mol. The van der Waals surface area contributed by atoms with E-state index in [1.54, 1.807) is 30.3 Å². The molecule has 3 aromatic rings. The van der Waals surface area contributed by atoms with Crippen molar-refractivity contribution >= 4 is 29.2 Å². The van der Waals surface area contributed by atoms with E-state index in [1.807, 2.05) is 42.2 Å². The number of nitrogens with zero attached hydrogens (tertiary/aromatic N) is 3. The predicted octanol–water partition coefficient (Wildman–Crippen LogP) is 5.06. The van der Waals surface area contributed by atoms with E-state index in [0.29, 0.717) is 36.1 Å². The minimum atomic E-state index is -0.660. The van der Waals surface area contributed by atoms with Crippen molar-refractivity contribution in [3.63, 3.8) is 0 Å². The maximum absolute atomic E-state index is 13.3. The number of urea groups is 1. The molecule has 1 heterocycles. The third-order valence-electron chi connectivity index (χ3n) is 6.75. The van der Waals surface area contributed by atoms with Gasteiger partial charge in [-0.1, -0.05) is 54.1 Å². The zero-order valence-electron chi connectivity index (χ0n) is 21.5. The second-order valence-corrected chi connectivity index (χ2v) is 10.0. The fourth-order valence-corrected chi connectivity index (χ4v) is 4.85. The third-order valence-corrected chi connectivity index (χ3v) is 6.98. The lowest BCUT2D eigenvalue weighted by Gasteiger charge is -2.44. The molecule has 0 bridgehead atoms. The standard InChI is InChI=1S/C29H32ClFN4O3/c1-20-16-34(21(2)15-33(20)17-23-8-11-25(31)12-9-23)28(36)19-38-27-13-10-24(30)14-26(27)35(29(32)37)18-22-6-4-3-5-7-22/h3-14,20-21H,15-19H2,1-2H3,(H2,32,37)/t20-,21+/m1/s1. The van der Waals surface area contributed by atoms with Gasteiger partial charge in [0.05, 0.1) is 12.2 Å². The second-order valence-electron chi connectivity index (χ2n) is 9.61. The highest BCUT2D eigenvalue weighted by molar-refractivity contribution is 6.31. The number of carbonyl (C=O) groups is 2. The Balaban J connectivity index is 1.42. The van der Waals surface area contributed by atoms with Crippen molar-refractivity contribution in [1.29, 1.82) is 0 Å². The van der Waals surface area contributed by atoms with Crippen LogP contribution in [0.4, 0.5) is 14.9 Å². The largest absolute Gasteiger partial charge is 0.482 e. The lowest BCUT2D eigenvalue weighted by Crippen LogP contribution is -2.58. The lowest BCUT2D eigenvalue weighted by atomic mass is 10.1. The molecule has 38 heavy (non-hydrogen) atoms. The van der Waals surface area contributed by atoms with Crippen LogP contribution in [0.2, 0.25) is 5.02 Å². The Morgan fingerprint density at radius 2 is 1.71 bits per heavy atom. The van der Waals surface area contributed by atoms with Crippen molar-refractivity contribution in [3.05, 3.63) is 94.8 Å². The van der Waals surface area contributed by atoms with Gasteiger partial charge in [0, 0.05) is 36.7 Å². The number of hydrogen-bond acceptors (Lipinski definition) is 4. The van der Waals surface area contributed by atoms with Gasteiger partial charge in [-0.05, 0) is 55.3 Å². The zero-order chi connectivity index (χ0) is 27.2. The quantitative estimate of drug-likeness (QED) is 0.434. The molecule has 1 fully saturated rings. The van der Waals surface area contributed by atoms with E-state index in [1.165, 1.54) is 17.0 Å². The molecule has 0 aliphatic carbocycles. The molecule has 1 aliphatic heterocycles. The number of benzene rings is 3. The highest BCUT2D eigenvalue weighted by Gasteiger charge is 2.32. The number of primary amides is 1. The Bertz CT molecular complexity index is 1260. The first-order chi connectivity index (χ1) is 18.2. The van der Waals surface area contributed by atoms with Gasteiger partial charge in [0.2, 0.25) is 0 Å². The topological polar surface area (TPSA) is 79.1 Å². The number of piperazine rings is 1. The lowest BCUT2D eigenvalue weighted by molar-refractivity contribution is -0.139. The van der Waals surface area contributed by atoms with Crippen LogP contribution in [0.3, 0.4) is 0 Å². The van der Waals surface area contributed by atoms with E-state index in [9.17, 15) is 14.0 Å². The summed E-state index contributed by atoms with van der Waals surface area (Å²) in [5, 5.41) is 0.415. The SMILES string of the molecule is C[C@@H]1CN(C(=O)COc2ccc(Cl)cc2N(Cc2ccccc2)C(N)=O)[C@@H](C)CN1Cc1ccc(F)cc1. The number of rotatable bonds is 8. The summed E-state index contributed by atoms with van der Waals surface area (Å²) >= 11 is 6.23. The molecule has 1 saturated heterocycles. The number of carbonyl (C=O) groups excluding carboxylic acids is 2. The fourth-order valence-electron chi connectivity index (χ4n) is 4.68. The van der Waals surface area contributed by atoms with Crippen molar-refractivity contribution in [3.8, 4) is 5.75 Å². The summed E-state index contributed by atoms with van der Waals surface area (Å²) in [4.78, 5) is 31.1. The number of amides is 3. The molecule has 2 atom stereocenters. The fraction of sp³-hybridized carbons (Fsp3) is 0.310. The van der Waals surface area contributed by atoms with E-state index in [0.717, 1.165) is 11.1 Å². The van der Waals surface area contributed by atoms with Crippen LogP contribution in [-0.4, -0.2) is 53.5 Å². The van der Waals surface area contributed by atoms with Crippen molar-refractivity contribution in [2.24, 2.45) is 5.73 Å². The van der Waals surface area contributed by atoms with Crippen molar-refractivity contribution in [2.75, 3.05) is 24.6 Å². The van der Waals surface area contributed by atoms with Crippen LogP contribution in [0, 0.1) is 5.82 Å².